The van der Waals surface area contributed by atoms with Crippen LogP contribution in [0.1, 0.15) is 91.0 Å². The molecule has 6 nitrogen and oxygen atoms in total. The molecule has 0 aromatic heterocycles. The van der Waals surface area contributed by atoms with Crippen molar-refractivity contribution in [2.24, 2.45) is 0 Å². The molecule has 0 heterocycles. The summed E-state index contributed by atoms with van der Waals surface area (Å²) in [4.78, 5) is 24.4. The highest BCUT2D eigenvalue weighted by atomic mass is 16.7. The van der Waals surface area contributed by atoms with Crippen molar-refractivity contribution in [3.8, 4) is 11.5 Å². The second-order valence-electron chi connectivity index (χ2n) is 8.22. The number of benzene rings is 1. The Morgan fingerprint density at radius 1 is 0.882 bits per heavy atom. The van der Waals surface area contributed by atoms with Gasteiger partial charge in [0, 0.05) is 18.1 Å². The van der Waals surface area contributed by atoms with Crippen LogP contribution < -0.4 is 9.47 Å². The van der Waals surface area contributed by atoms with Gasteiger partial charge < -0.3 is 18.9 Å². The molecular formula is C28H42O6. The predicted molar refractivity (Wildman–Crippen MR) is 136 cm³/mol. The van der Waals surface area contributed by atoms with Crippen molar-refractivity contribution in [2.75, 3.05) is 13.2 Å². The van der Waals surface area contributed by atoms with Crippen LogP contribution in [-0.4, -0.2) is 31.4 Å². The Kier molecular flexibility index (Phi) is 15.2. The van der Waals surface area contributed by atoms with Gasteiger partial charge in [-0.05, 0) is 51.0 Å². The van der Waals surface area contributed by atoms with Gasteiger partial charge in [0.2, 0.25) is 6.29 Å². The van der Waals surface area contributed by atoms with Crippen LogP contribution in [0.5, 0.6) is 11.5 Å². The lowest BCUT2D eigenvalue weighted by Crippen LogP contribution is -2.24. The lowest BCUT2D eigenvalue weighted by atomic mass is 10.1. The zero-order valence-corrected chi connectivity index (χ0v) is 21.4. The number of unbranched alkanes of at least 4 members (excludes halogenated alkanes) is 7. The van der Waals surface area contributed by atoms with Crippen molar-refractivity contribution >= 4 is 18.0 Å². The molecule has 0 aliphatic carbocycles. The second-order valence-corrected chi connectivity index (χ2v) is 8.22. The number of hydrogen-bond acceptors (Lipinski definition) is 6. The van der Waals surface area contributed by atoms with E-state index >= 15 is 0 Å². The summed E-state index contributed by atoms with van der Waals surface area (Å²) in [6.45, 7) is 12.2. The standard InChI is InChI=1S/C28H42O6/c1-6-9-10-11-12-13-14-15-16-27(34-28(30)22(4)5)33-26(29)20-18-23-17-19-24(31-7-2)25(21-23)32-8-3/h17-21,27H,4,6-16H2,1-3,5H3/b20-18+. The van der Waals surface area contributed by atoms with E-state index in [4.69, 9.17) is 18.9 Å². The summed E-state index contributed by atoms with van der Waals surface area (Å²) in [7, 11) is 0. The lowest BCUT2D eigenvalue weighted by Gasteiger charge is -2.17. The van der Waals surface area contributed by atoms with Gasteiger partial charge in [-0.3, -0.25) is 0 Å². The van der Waals surface area contributed by atoms with Crippen molar-refractivity contribution in [1.82, 2.24) is 0 Å². The molecule has 1 atom stereocenters. The summed E-state index contributed by atoms with van der Waals surface area (Å²) in [5, 5.41) is 0. The van der Waals surface area contributed by atoms with E-state index in [1.165, 1.54) is 38.2 Å². The second kappa shape index (κ2) is 17.7. The van der Waals surface area contributed by atoms with E-state index in [1.54, 1.807) is 25.1 Å². The Labute approximate surface area is 205 Å². The summed E-state index contributed by atoms with van der Waals surface area (Å²) in [5.41, 5.74) is 1.03. The van der Waals surface area contributed by atoms with Gasteiger partial charge in [-0.2, -0.15) is 0 Å². The molecular weight excluding hydrogens is 432 g/mol. The van der Waals surface area contributed by atoms with E-state index in [0.29, 0.717) is 31.1 Å². The van der Waals surface area contributed by atoms with E-state index < -0.39 is 18.2 Å². The summed E-state index contributed by atoms with van der Waals surface area (Å²) in [6, 6.07) is 5.44. The van der Waals surface area contributed by atoms with Crippen LogP contribution in [0.25, 0.3) is 6.08 Å². The average Bonchev–Trinajstić information content (AvgIpc) is 2.81. The van der Waals surface area contributed by atoms with Gasteiger partial charge in [0.25, 0.3) is 0 Å². The highest BCUT2D eigenvalue weighted by molar-refractivity contribution is 5.88. The fourth-order valence-corrected chi connectivity index (χ4v) is 3.31. The third kappa shape index (κ3) is 12.5. The molecule has 0 N–H and O–H groups in total. The first-order valence-corrected chi connectivity index (χ1v) is 12.6. The molecule has 0 aliphatic heterocycles. The highest BCUT2D eigenvalue weighted by Crippen LogP contribution is 2.29. The topological polar surface area (TPSA) is 71.1 Å². The Morgan fingerprint density at radius 3 is 2.12 bits per heavy atom. The number of carbonyl (C=O) groups excluding carboxylic acids is 2. The molecule has 0 bridgehead atoms. The van der Waals surface area contributed by atoms with Crippen molar-refractivity contribution < 1.29 is 28.5 Å². The molecule has 0 fully saturated rings. The van der Waals surface area contributed by atoms with E-state index in [9.17, 15) is 9.59 Å². The van der Waals surface area contributed by atoms with Gasteiger partial charge in [-0.1, -0.05) is 64.5 Å². The molecule has 0 saturated heterocycles. The SMILES string of the molecule is C=C(C)C(=O)OC(CCCCCCCCCC)OC(=O)/C=C/c1ccc(OCC)c(OCC)c1. The third-order valence-electron chi connectivity index (χ3n) is 5.11. The fraction of sp³-hybridized carbons (Fsp3) is 0.571. The molecule has 190 valence electrons. The summed E-state index contributed by atoms with van der Waals surface area (Å²) < 4.78 is 21.9. The normalized spacial score (nSPS) is 11.8. The Hall–Kier alpha value is -2.76. The Morgan fingerprint density at radius 2 is 1.50 bits per heavy atom. The quantitative estimate of drug-likeness (QED) is 0.0985. The van der Waals surface area contributed by atoms with Crippen LogP contribution >= 0.6 is 0 Å². The molecule has 0 amide bonds. The minimum absolute atomic E-state index is 0.269. The first-order valence-electron chi connectivity index (χ1n) is 12.6. The lowest BCUT2D eigenvalue weighted by molar-refractivity contribution is -0.182. The number of hydrogen-bond donors (Lipinski definition) is 0. The largest absolute Gasteiger partial charge is 0.490 e. The van der Waals surface area contributed by atoms with Gasteiger partial charge in [0.05, 0.1) is 13.2 Å². The Balaban J connectivity index is 2.65. The van der Waals surface area contributed by atoms with Crippen molar-refractivity contribution in [2.45, 2.75) is 91.8 Å². The predicted octanol–water partition coefficient (Wildman–Crippen LogP) is 7.02. The monoisotopic (exact) mass is 474 g/mol. The van der Waals surface area contributed by atoms with Gasteiger partial charge in [0.15, 0.2) is 11.5 Å². The Bertz CT molecular complexity index is 783. The number of carbonyl (C=O) groups is 2. The summed E-state index contributed by atoms with van der Waals surface area (Å²) in [6.07, 6.45) is 11.7. The number of rotatable bonds is 18. The maximum absolute atomic E-state index is 12.4. The van der Waals surface area contributed by atoms with Gasteiger partial charge >= 0.3 is 11.9 Å². The van der Waals surface area contributed by atoms with Gasteiger partial charge in [0.1, 0.15) is 0 Å². The zero-order valence-electron chi connectivity index (χ0n) is 21.4. The minimum atomic E-state index is -0.930. The van der Waals surface area contributed by atoms with Gasteiger partial charge in [-0.25, -0.2) is 9.59 Å². The van der Waals surface area contributed by atoms with Crippen LogP contribution in [0.3, 0.4) is 0 Å². The average molecular weight is 475 g/mol. The molecule has 1 rings (SSSR count). The van der Waals surface area contributed by atoms with E-state index in [0.717, 1.165) is 24.8 Å². The molecule has 1 aromatic rings. The molecule has 1 unspecified atom stereocenters. The van der Waals surface area contributed by atoms with Crippen LogP contribution in [0.4, 0.5) is 0 Å². The van der Waals surface area contributed by atoms with Crippen LogP contribution in [0, 0.1) is 0 Å². The van der Waals surface area contributed by atoms with E-state index in [1.807, 2.05) is 19.9 Å². The van der Waals surface area contributed by atoms with Crippen LogP contribution in [0.15, 0.2) is 36.4 Å². The van der Waals surface area contributed by atoms with Crippen LogP contribution in [-0.2, 0) is 19.1 Å². The molecule has 0 aliphatic rings. The third-order valence-corrected chi connectivity index (χ3v) is 5.11. The minimum Gasteiger partial charge on any atom is -0.490 e. The first kappa shape index (κ1) is 29.3. The fourth-order valence-electron chi connectivity index (χ4n) is 3.31. The molecule has 0 spiro atoms. The molecule has 6 heteroatoms. The molecule has 0 saturated carbocycles. The van der Waals surface area contributed by atoms with Gasteiger partial charge in [-0.15, -0.1) is 0 Å². The molecule has 0 radical (unpaired) electrons. The van der Waals surface area contributed by atoms with Crippen molar-refractivity contribution in [1.29, 1.82) is 0 Å². The van der Waals surface area contributed by atoms with Crippen LogP contribution in [0.2, 0.25) is 0 Å². The highest BCUT2D eigenvalue weighted by Gasteiger charge is 2.18. The molecule has 1 aromatic carbocycles. The maximum Gasteiger partial charge on any atom is 0.336 e. The summed E-state index contributed by atoms with van der Waals surface area (Å²) >= 11 is 0. The zero-order chi connectivity index (χ0) is 25.2. The van der Waals surface area contributed by atoms with E-state index in [-0.39, 0.29) is 5.57 Å². The smallest absolute Gasteiger partial charge is 0.336 e. The van der Waals surface area contributed by atoms with E-state index in [2.05, 4.69) is 13.5 Å². The maximum atomic E-state index is 12.4. The van der Waals surface area contributed by atoms with Crippen molar-refractivity contribution in [3.63, 3.8) is 0 Å². The number of esters is 2. The number of ether oxygens (including phenoxy) is 4. The van der Waals surface area contributed by atoms with Crippen molar-refractivity contribution in [3.05, 3.63) is 42.0 Å². The molecule has 34 heavy (non-hydrogen) atoms. The summed E-state index contributed by atoms with van der Waals surface area (Å²) in [5.74, 6) is 0.129. The first-order chi connectivity index (χ1) is 16.4.